The van der Waals surface area contributed by atoms with Crippen LogP contribution in [0.1, 0.15) is 27.7 Å². The maximum absolute atomic E-state index is 13.1. The van der Waals surface area contributed by atoms with Gasteiger partial charge in [-0.1, -0.05) is 6.07 Å². The maximum Gasteiger partial charge on any atom is 0.240 e. The molecule has 1 aliphatic carbocycles. The highest BCUT2D eigenvalue weighted by molar-refractivity contribution is 7.89. The van der Waals surface area contributed by atoms with E-state index >= 15 is 0 Å². The van der Waals surface area contributed by atoms with Gasteiger partial charge in [0.15, 0.2) is 0 Å². The Kier molecular flexibility index (Phi) is 8.17. The van der Waals surface area contributed by atoms with E-state index in [0.29, 0.717) is 27.9 Å². The van der Waals surface area contributed by atoms with Crippen molar-refractivity contribution in [1.82, 2.24) is 9.30 Å². The fourth-order valence-corrected chi connectivity index (χ4v) is 6.46. The first-order chi connectivity index (χ1) is 18.5. The molecule has 208 valence electrons. The quantitative estimate of drug-likeness (QED) is 0.185. The molecule has 4 rings (SSSR count). The molecule has 0 fully saturated rings. The lowest BCUT2D eigenvalue weighted by Crippen LogP contribution is -2.29. The molecule has 0 unspecified atom stereocenters. The molecule has 0 radical (unpaired) electrons. The van der Waals surface area contributed by atoms with E-state index in [9.17, 15) is 21.4 Å². The summed E-state index contributed by atoms with van der Waals surface area (Å²) in [6.45, 7) is 11.4. The Morgan fingerprint density at radius 1 is 0.872 bits per heavy atom. The van der Waals surface area contributed by atoms with Gasteiger partial charge in [0.05, 0.1) is 15.9 Å². The molecule has 39 heavy (non-hydrogen) atoms. The van der Waals surface area contributed by atoms with E-state index in [2.05, 4.69) is 41.9 Å². The molecule has 0 bridgehead atoms. The number of nitrogens with zero attached hydrogens (tertiary/aromatic N) is 2. The Bertz CT molecular complexity index is 1780. The van der Waals surface area contributed by atoms with Gasteiger partial charge in [0.1, 0.15) is 34.6 Å². The van der Waals surface area contributed by atoms with Gasteiger partial charge in [-0.15, -0.1) is 0 Å². The lowest BCUT2D eigenvalue weighted by Gasteiger charge is -2.23. The fourth-order valence-electron chi connectivity index (χ4n) is 4.93. The number of anilines is 1. The van der Waals surface area contributed by atoms with E-state index < -0.39 is 25.0 Å². The van der Waals surface area contributed by atoms with Gasteiger partial charge in [-0.05, 0) is 65.1 Å². The second-order valence-corrected chi connectivity index (χ2v) is 12.2. The van der Waals surface area contributed by atoms with Crippen molar-refractivity contribution in [3.63, 3.8) is 0 Å². The van der Waals surface area contributed by atoms with Crippen LogP contribution in [0.25, 0.3) is 33.4 Å². The Morgan fingerprint density at radius 2 is 1.54 bits per heavy atom. The fraction of sp³-hybridized carbons (Fsp3) is 0.321. The molecule has 0 spiro atoms. The number of sulfonamides is 1. The normalized spacial score (nSPS) is 12.3. The average Bonchev–Trinajstić information content (AvgIpc) is 2.92. The van der Waals surface area contributed by atoms with Gasteiger partial charge >= 0.3 is 0 Å². The smallest absolute Gasteiger partial charge is 0.240 e. The van der Waals surface area contributed by atoms with Gasteiger partial charge in [-0.3, -0.25) is 0 Å². The molecule has 1 aliphatic heterocycles. The van der Waals surface area contributed by atoms with Crippen molar-refractivity contribution in [3.05, 3.63) is 60.0 Å². The van der Waals surface area contributed by atoms with Crippen molar-refractivity contribution in [2.75, 3.05) is 38.1 Å². The third-order valence-electron chi connectivity index (χ3n) is 7.02. The first-order valence-electron chi connectivity index (χ1n) is 12.9. The van der Waals surface area contributed by atoms with E-state index in [-0.39, 0.29) is 10.5 Å². The number of rotatable bonds is 9. The summed E-state index contributed by atoms with van der Waals surface area (Å²) in [6.07, 6.45) is 0. The molecule has 9 nitrogen and oxygen atoms in total. The molecule has 0 saturated heterocycles. The van der Waals surface area contributed by atoms with E-state index in [1.807, 2.05) is 36.4 Å². The molecule has 0 saturated carbocycles. The molecule has 0 amide bonds. The first-order valence-corrected chi connectivity index (χ1v) is 15.8. The zero-order chi connectivity index (χ0) is 28.5. The molecule has 1 N–H and O–H groups in total. The summed E-state index contributed by atoms with van der Waals surface area (Å²) in [5.74, 6) is 0.548. The van der Waals surface area contributed by atoms with Crippen molar-refractivity contribution in [2.24, 2.45) is 0 Å². The van der Waals surface area contributed by atoms with Crippen molar-refractivity contribution < 1.29 is 25.8 Å². The summed E-state index contributed by atoms with van der Waals surface area (Å²) in [5, 5.41) is 1.61. The Balaban J connectivity index is 2.20. The van der Waals surface area contributed by atoms with Crippen molar-refractivity contribution in [1.29, 1.82) is 0 Å². The van der Waals surface area contributed by atoms with Gasteiger partial charge in [-0.2, -0.15) is 0 Å². The predicted octanol–water partition coefficient (Wildman–Crippen LogP) is 3.68. The minimum Gasteiger partial charge on any atom is -0.744 e. The second-order valence-electron chi connectivity index (χ2n) is 9.00. The summed E-state index contributed by atoms with van der Waals surface area (Å²) in [4.78, 5) is 1.24. The Hall–Kier alpha value is -3.25. The minimum atomic E-state index is -4.89. The van der Waals surface area contributed by atoms with Crippen molar-refractivity contribution in [3.8, 4) is 22.5 Å². The first kappa shape index (κ1) is 28.8. The van der Waals surface area contributed by atoms with Crippen LogP contribution in [0.2, 0.25) is 0 Å². The van der Waals surface area contributed by atoms with Gasteiger partial charge in [0, 0.05) is 53.0 Å². The summed E-state index contributed by atoms with van der Waals surface area (Å²) in [5.41, 5.74) is 2.98. The van der Waals surface area contributed by atoms with Crippen LogP contribution in [0, 0.1) is 0 Å². The third-order valence-corrected chi connectivity index (χ3v) is 9.30. The minimum absolute atomic E-state index is 0.258. The molecule has 2 aliphatic rings. The lowest BCUT2D eigenvalue weighted by atomic mass is 9.93. The van der Waals surface area contributed by atoms with Crippen molar-refractivity contribution in [2.45, 2.75) is 37.5 Å². The Morgan fingerprint density at radius 3 is 2.13 bits per heavy atom. The van der Waals surface area contributed by atoms with Gasteiger partial charge in [0.25, 0.3) is 0 Å². The van der Waals surface area contributed by atoms with Crippen molar-refractivity contribution >= 4 is 36.8 Å². The molecular weight excluding hydrogens is 538 g/mol. The summed E-state index contributed by atoms with van der Waals surface area (Å²) in [6, 6.07) is 15.0. The van der Waals surface area contributed by atoms with E-state index in [1.54, 1.807) is 0 Å². The summed E-state index contributed by atoms with van der Waals surface area (Å²) < 4.78 is 72.5. The monoisotopic (exact) mass is 571 g/mol. The molecule has 2 aromatic carbocycles. The average molecular weight is 572 g/mol. The SMILES string of the molecule is CCN(CC)c1ccc2c(-c3ccc(S(=O)(=O)[O-])cc3S(=O)(=O)NC)c3ccc(=[N+](CC)CC)cc-3oc2c1. The van der Waals surface area contributed by atoms with Gasteiger partial charge in [-0.25, -0.2) is 26.1 Å². The Labute approximate surface area is 229 Å². The van der Waals surface area contributed by atoms with Crippen LogP contribution in [-0.4, -0.2) is 54.6 Å². The van der Waals surface area contributed by atoms with Crippen LogP contribution < -0.4 is 19.6 Å². The molecule has 0 aromatic heterocycles. The molecule has 11 heteroatoms. The van der Waals surface area contributed by atoms with Gasteiger partial charge < -0.3 is 13.9 Å². The van der Waals surface area contributed by atoms with Crippen LogP contribution in [-0.2, 0) is 20.1 Å². The van der Waals surface area contributed by atoms with E-state index in [4.69, 9.17) is 4.42 Å². The van der Waals surface area contributed by atoms with Crippen LogP contribution in [0.3, 0.4) is 0 Å². The predicted molar refractivity (Wildman–Crippen MR) is 152 cm³/mol. The lowest BCUT2D eigenvalue weighted by molar-refractivity contribution is 0.463. The highest BCUT2D eigenvalue weighted by atomic mass is 32.2. The maximum atomic E-state index is 13.1. The zero-order valence-electron chi connectivity index (χ0n) is 22.7. The third kappa shape index (κ3) is 5.44. The second kappa shape index (κ2) is 11.1. The van der Waals surface area contributed by atoms with Crippen LogP contribution in [0.4, 0.5) is 5.69 Å². The van der Waals surface area contributed by atoms with Gasteiger partial charge in [0.2, 0.25) is 15.4 Å². The van der Waals surface area contributed by atoms with Crippen LogP contribution in [0.15, 0.2) is 68.8 Å². The summed E-state index contributed by atoms with van der Waals surface area (Å²) >= 11 is 0. The topological polar surface area (TPSA) is 123 Å². The number of hydrogen-bond acceptors (Lipinski definition) is 7. The van der Waals surface area contributed by atoms with Crippen LogP contribution in [0.5, 0.6) is 0 Å². The zero-order valence-corrected chi connectivity index (χ0v) is 24.3. The molecule has 1 heterocycles. The molecular formula is C28H33N3O6S2. The highest BCUT2D eigenvalue weighted by Gasteiger charge is 2.26. The highest BCUT2D eigenvalue weighted by Crippen LogP contribution is 2.43. The number of fused-ring (bicyclic) bond motifs is 2. The molecule has 0 atom stereocenters. The largest absolute Gasteiger partial charge is 0.744 e. The van der Waals surface area contributed by atoms with Crippen LogP contribution >= 0.6 is 0 Å². The van der Waals surface area contributed by atoms with E-state index in [0.717, 1.165) is 49.4 Å². The number of hydrogen-bond donors (Lipinski definition) is 1. The molecule has 2 aromatic rings. The standard InChI is InChI=1S/C28H33N3O6S2/c1-6-30(7-2)19-10-13-22-25(16-19)37-26-17-20(31(8-3)9-4)11-14-23(26)28(22)24-15-12-21(39(34,35)36)18-27(24)38(32,33)29-5/h10-18,29H,6-9H2,1-5H3. The number of benzene rings is 3. The van der Waals surface area contributed by atoms with E-state index in [1.165, 1.54) is 13.1 Å². The number of nitrogens with one attached hydrogen (secondary N) is 1. The summed E-state index contributed by atoms with van der Waals surface area (Å²) in [7, 11) is -7.81.